The van der Waals surface area contributed by atoms with Crippen LogP contribution in [0.4, 0.5) is 4.79 Å². The lowest BCUT2D eigenvalue weighted by atomic mass is 10.2. The van der Waals surface area contributed by atoms with E-state index in [1.165, 1.54) is 0 Å². The highest BCUT2D eigenvalue weighted by atomic mass is 16.5. The molecule has 7 heteroatoms. The van der Waals surface area contributed by atoms with Crippen LogP contribution in [0.25, 0.3) is 0 Å². The number of aliphatic carboxylic acids is 1. The Morgan fingerprint density at radius 1 is 1.53 bits per heavy atom. The van der Waals surface area contributed by atoms with Crippen molar-refractivity contribution in [2.24, 2.45) is 0 Å². The Bertz CT molecular complexity index is 310. The Labute approximate surface area is 113 Å². The van der Waals surface area contributed by atoms with Gasteiger partial charge in [-0.15, -0.1) is 0 Å². The summed E-state index contributed by atoms with van der Waals surface area (Å²) in [5, 5.41) is 8.75. The van der Waals surface area contributed by atoms with Crippen LogP contribution in [-0.4, -0.2) is 79.5 Å². The molecule has 1 saturated heterocycles. The van der Waals surface area contributed by atoms with Gasteiger partial charge in [-0.3, -0.25) is 4.79 Å². The number of likely N-dealkylation sites (N-methyl/N-ethyl adjacent to an activating group) is 1. The van der Waals surface area contributed by atoms with E-state index in [1.54, 1.807) is 16.9 Å². The van der Waals surface area contributed by atoms with Gasteiger partial charge in [0, 0.05) is 33.3 Å². The molecular weight excluding hydrogens is 252 g/mol. The third-order valence-corrected chi connectivity index (χ3v) is 3.03. The minimum atomic E-state index is -0.911. The van der Waals surface area contributed by atoms with Gasteiger partial charge in [0.05, 0.1) is 25.7 Å². The molecule has 0 bridgehead atoms. The molecule has 1 N–H and O–H groups in total. The number of urea groups is 1. The van der Waals surface area contributed by atoms with Crippen LogP contribution in [0, 0.1) is 0 Å². The second-order valence-corrected chi connectivity index (χ2v) is 4.39. The number of rotatable bonds is 6. The second-order valence-electron chi connectivity index (χ2n) is 4.39. The SMILES string of the molecule is CCN(CCOC)C(=O)N1CCOC(CC(=O)O)C1. The van der Waals surface area contributed by atoms with E-state index >= 15 is 0 Å². The summed E-state index contributed by atoms with van der Waals surface area (Å²) < 4.78 is 10.3. The van der Waals surface area contributed by atoms with Crippen molar-refractivity contribution in [3.05, 3.63) is 0 Å². The first-order valence-corrected chi connectivity index (χ1v) is 6.44. The van der Waals surface area contributed by atoms with Crippen LogP contribution in [0.5, 0.6) is 0 Å². The largest absolute Gasteiger partial charge is 0.481 e. The molecule has 0 aliphatic carbocycles. The monoisotopic (exact) mass is 274 g/mol. The maximum Gasteiger partial charge on any atom is 0.320 e. The first kappa shape index (κ1) is 15.7. The third kappa shape index (κ3) is 5.04. The zero-order chi connectivity index (χ0) is 14.3. The minimum absolute atomic E-state index is 0.0754. The highest BCUT2D eigenvalue weighted by Gasteiger charge is 2.28. The normalized spacial score (nSPS) is 19.3. The fourth-order valence-electron chi connectivity index (χ4n) is 2.00. The van der Waals surface area contributed by atoms with Crippen LogP contribution in [0.2, 0.25) is 0 Å². The van der Waals surface area contributed by atoms with Crippen molar-refractivity contribution in [3.63, 3.8) is 0 Å². The zero-order valence-corrected chi connectivity index (χ0v) is 11.5. The Balaban J connectivity index is 2.52. The number of carbonyl (C=O) groups excluding carboxylic acids is 1. The quantitative estimate of drug-likeness (QED) is 0.751. The van der Waals surface area contributed by atoms with E-state index < -0.39 is 12.1 Å². The summed E-state index contributed by atoms with van der Waals surface area (Å²) in [4.78, 5) is 26.3. The molecule has 1 aliphatic rings. The van der Waals surface area contributed by atoms with E-state index in [0.717, 1.165) is 0 Å². The summed E-state index contributed by atoms with van der Waals surface area (Å²) in [5.74, 6) is -0.911. The molecule has 2 amide bonds. The lowest BCUT2D eigenvalue weighted by molar-refractivity contribution is -0.141. The van der Waals surface area contributed by atoms with Crippen LogP contribution in [-0.2, 0) is 14.3 Å². The van der Waals surface area contributed by atoms with Gasteiger partial charge < -0.3 is 24.4 Å². The topological polar surface area (TPSA) is 79.3 Å². The standard InChI is InChI=1S/C12H22N2O5/c1-3-13(4-6-18-2)12(17)14-5-7-19-10(9-14)8-11(15)16/h10H,3-9H2,1-2H3,(H,15,16). The first-order chi connectivity index (χ1) is 9.08. The molecule has 1 rings (SSSR count). The van der Waals surface area contributed by atoms with Crippen molar-refractivity contribution >= 4 is 12.0 Å². The van der Waals surface area contributed by atoms with Crippen molar-refractivity contribution in [1.82, 2.24) is 9.80 Å². The number of nitrogens with zero attached hydrogens (tertiary/aromatic N) is 2. The van der Waals surface area contributed by atoms with E-state index in [9.17, 15) is 9.59 Å². The predicted octanol–water partition coefficient (Wildman–Crippen LogP) is 0.250. The van der Waals surface area contributed by atoms with Crippen LogP contribution in [0.1, 0.15) is 13.3 Å². The molecule has 0 radical (unpaired) electrons. The molecule has 0 aromatic heterocycles. The van der Waals surface area contributed by atoms with Crippen LogP contribution >= 0.6 is 0 Å². The van der Waals surface area contributed by atoms with Crippen molar-refractivity contribution in [1.29, 1.82) is 0 Å². The molecule has 1 atom stereocenters. The number of ether oxygens (including phenoxy) is 2. The molecule has 110 valence electrons. The fraction of sp³-hybridized carbons (Fsp3) is 0.833. The van der Waals surface area contributed by atoms with E-state index in [2.05, 4.69) is 0 Å². The van der Waals surface area contributed by atoms with Gasteiger partial charge in [0.15, 0.2) is 0 Å². The molecule has 1 heterocycles. The van der Waals surface area contributed by atoms with Gasteiger partial charge >= 0.3 is 12.0 Å². The summed E-state index contributed by atoms with van der Waals surface area (Å²) in [6.07, 6.45) is -0.495. The molecule has 1 aliphatic heterocycles. The molecule has 7 nitrogen and oxygen atoms in total. The average molecular weight is 274 g/mol. The van der Waals surface area contributed by atoms with Gasteiger partial charge in [-0.2, -0.15) is 0 Å². The smallest absolute Gasteiger partial charge is 0.320 e. The molecular formula is C12H22N2O5. The lowest BCUT2D eigenvalue weighted by Gasteiger charge is -2.35. The number of carbonyl (C=O) groups is 2. The Morgan fingerprint density at radius 2 is 2.26 bits per heavy atom. The highest BCUT2D eigenvalue weighted by molar-refractivity contribution is 5.75. The van der Waals surface area contributed by atoms with Gasteiger partial charge in [0.25, 0.3) is 0 Å². The summed E-state index contributed by atoms with van der Waals surface area (Å²) in [5.41, 5.74) is 0. The van der Waals surface area contributed by atoms with Crippen LogP contribution < -0.4 is 0 Å². The maximum absolute atomic E-state index is 12.3. The number of hydrogen-bond acceptors (Lipinski definition) is 4. The fourth-order valence-corrected chi connectivity index (χ4v) is 2.00. The molecule has 0 aromatic carbocycles. The van der Waals surface area contributed by atoms with Gasteiger partial charge in [-0.25, -0.2) is 4.79 Å². The van der Waals surface area contributed by atoms with Crippen molar-refractivity contribution < 1.29 is 24.2 Å². The number of amides is 2. The first-order valence-electron chi connectivity index (χ1n) is 6.44. The number of morpholine rings is 1. The highest BCUT2D eigenvalue weighted by Crippen LogP contribution is 2.11. The van der Waals surface area contributed by atoms with E-state index in [1.807, 2.05) is 6.92 Å². The van der Waals surface area contributed by atoms with Crippen molar-refractivity contribution in [2.45, 2.75) is 19.4 Å². The molecule has 1 fully saturated rings. The van der Waals surface area contributed by atoms with E-state index in [0.29, 0.717) is 39.4 Å². The summed E-state index contributed by atoms with van der Waals surface area (Å²) in [6, 6.07) is -0.0850. The van der Waals surface area contributed by atoms with Gasteiger partial charge in [0.1, 0.15) is 0 Å². The van der Waals surface area contributed by atoms with Gasteiger partial charge in [-0.05, 0) is 6.92 Å². The maximum atomic E-state index is 12.3. The Kier molecular flexibility index (Phi) is 6.58. The van der Waals surface area contributed by atoms with Crippen molar-refractivity contribution in [2.75, 3.05) is 46.5 Å². The van der Waals surface area contributed by atoms with Gasteiger partial charge in [0.2, 0.25) is 0 Å². The summed E-state index contributed by atoms with van der Waals surface area (Å²) >= 11 is 0. The molecule has 19 heavy (non-hydrogen) atoms. The number of methoxy groups -OCH3 is 1. The predicted molar refractivity (Wildman–Crippen MR) is 68.1 cm³/mol. The molecule has 0 saturated carbocycles. The summed E-state index contributed by atoms with van der Waals surface area (Å²) in [7, 11) is 1.59. The summed E-state index contributed by atoms with van der Waals surface area (Å²) in [6.45, 7) is 4.74. The third-order valence-electron chi connectivity index (χ3n) is 3.03. The Hall–Kier alpha value is -1.34. The molecule has 0 spiro atoms. The number of carboxylic acid groups (broad SMARTS) is 1. The average Bonchev–Trinajstić information content (AvgIpc) is 2.39. The van der Waals surface area contributed by atoms with Crippen LogP contribution in [0.3, 0.4) is 0 Å². The molecule has 0 aromatic rings. The minimum Gasteiger partial charge on any atom is -0.481 e. The molecule has 1 unspecified atom stereocenters. The van der Waals surface area contributed by atoms with Crippen molar-refractivity contribution in [3.8, 4) is 0 Å². The van der Waals surface area contributed by atoms with E-state index in [4.69, 9.17) is 14.6 Å². The Morgan fingerprint density at radius 3 is 2.84 bits per heavy atom. The number of carboxylic acids is 1. The van der Waals surface area contributed by atoms with E-state index in [-0.39, 0.29) is 12.5 Å². The second kappa shape index (κ2) is 7.96. The van der Waals surface area contributed by atoms with Gasteiger partial charge in [-0.1, -0.05) is 0 Å². The number of hydrogen-bond donors (Lipinski definition) is 1. The zero-order valence-electron chi connectivity index (χ0n) is 11.5. The van der Waals surface area contributed by atoms with Crippen LogP contribution in [0.15, 0.2) is 0 Å². The lowest BCUT2D eigenvalue weighted by Crippen LogP contribution is -2.51.